The van der Waals surface area contributed by atoms with Crippen molar-refractivity contribution in [2.45, 2.75) is 63.5 Å². The van der Waals surface area contributed by atoms with Crippen molar-refractivity contribution in [3.63, 3.8) is 0 Å². The van der Waals surface area contributed by atoms with Crippen molar-refractivity contribution in [2.75, 3.05) is 18.1 Å². The lowest BCUT2D eigenvalue weighted by Gasteiger charge is -2.52. The Kier molecular flexibility index (Phi) is 4.78. The van der Waals surface area contributed by atoms with Gasteiger partial charge in [0.2, 0.25) is 0 Å². The van der Waals surface area contributed by atoms with E-state index in [-0.39, 0.29) is 5.54 Å². The fourth-order valence-electron chi connectivity index (χ4n) is 3.93. The van der Waals surface area contributed by atoms with Crippen molar-refractivity contribution in [2.24, 2.45) is 0 Å². The zero-order chi connectivity index (χ0) is 16.4. The summed E-state index contributed by atoms with van der Waals surface area (Å²) in [6.07, 6.45) is 3.35. The summed E-state index contributed by atoms with van der Waals surface area (Å²) in [5.74, 6) is 0.449. The van der Waals surface area contributed by atoms with Crippen LogP contribution in [0, 0.1) is 0 Å². The summed E-state index contributed by atoms with van der Waals surface area (Å²) in [5.41, 5.74) is 1.23. The van der Waals surface area contributed by atoms with E-state index in [0.29, 0.717) is 17.8 Å². The molecule has 1 saturated carbocycles. The molecule has 1 aliphatic heterocycles. The van der Waals surface area contributed by atoms with E-state index in [0.717, 1.165) is 12.2 Å². The molecule has 4 nitrogen and oxygen atoms in total. The van der Waals surface area contributed by atoms with Gasteiger partial charge in [0.15, 0.2) is 0 Å². The van der Waals surface area contributed by atoms with Crippen LogP contribution in [0.25, 0.3) is 0 Å². The SMILES string of the molecule is CC1(C)CN(c2ccc(OC(F)CO)cc2)[C@H]2CCCC[C@@H]2N1. The van der Waals surface area contributed by atoms with Gasteiger partial charge in [-0.05, 0) is 51.0 Å². The summed E-state index contributed by atoms with van der Waals surface area (Å²) in [7, 11) is 0. The van der Waals surface area contributed by atoms with Gasteiger partial charge in [-0.2, -0.15) is 4.39 Å². The lowest BCUT2D eigenvalue weighted by Crippen LogP contribution is -2.67. The van der Waals surface area contributed by atoms with Crippen molar-refractivity contribution in [1.82, 2.24) is 5.32 Å². The molecule has 1 unspecified atom stereocenters. The first kappa shape index (κ1) is 16.5. The molecule has 3 rings (SSSR count). The molecule has 3 atom stereocenters. The molecule has 0 radical (unpaired) electrons. The Bertz CT molecular complexity index is 520. The van der Waals surface area contributed by atoms with E-state index < -0.39 is 13.0 Å². The van der Waals surface area contributed by atoms with Gasteiger partial charge in [-0.1, -0.05) is 12.8 Å². The number of piperazine rings is 1. The Morgan fingerprint density at radius 2 is 2.00 bits per heavy atom. The van der Waals surface area contributed by atoms with E-state index in [9.17, 15) is 4.39 Å². The number of aliphatic hydroxyl groups is 1. The highest BCUT2D eigenvalue weighted by Crippen LogP contribution is 2.34. The summed E-state index contributed by atoms with van der Waals surface area (Å²) in [6.45, 7) is 4.82. The number of fused-ring (bicyclic) bond motifs is 1. The van der Waals surface area contributed by atoms with Crippen LogP contribution in [0.3, 0.4) is 0 Å². The molecule has 1 saturated heterocycles. The molecule has 0 aromatic heterocycles. The average molecular weight is 322 g/mol. The van der Waals surface area contributed by atoms with Gasteiger partial charge in [-0.15, -0.1) is 0 Å². The number of halogens is 1. The van der Waals surface area contributed by atoms with Crippen LogP contribution in [0.15, 0.2) is 24.3 Å². The molecule has 2 aliphatic rings. The van der Waals surface area contributed by atoms with E-state index in [4.69, 9.17) is 9.84 Å². The van der Waals surface area contributed by atoms with E-state index in [1.54, 1.807) is 12.1 Å². The second-order valence-electron chi connectivity index (χ2n) is 7.32. The maximum Gasteiger partial charge on any atom is 0.261 e. The second-order valence-corrected chi connectivity index (χ2v) is 7.32. The van der Waals surface area contributed by atoms with Crippen LogP contribution in [0.4, 0.5) is 10.1 Å². The number of benzene rings is 1. The van der Waals surface area contributed by atoms with Crippen LogP contribution >= 0.6 is 0 Å². The lowest BCUT2D eigenvalue weighted by molar-refractivity contribution is 0.0136. The smallest absolute Gasteiger partial charge is 0.261 e. The molecule has 23 heavy (non-hydrogen) atoms. The molecule has 1 heterocycles. The molecular weight excluding hydrogens is 295 g/mol. The van der Waals surface area contributed by atoms with Crippen molar-refractivity contribution in [3.05, 3.63) is 24.3 Å². The van der Waals surface area contributed by atoms with Gasteiger partial charge in [-0.25, -0.2) is 0 Å². The van der Waals surface area contributed by atoms with Crippen LogP contribution in [0.5, 0.6) is 5.75 Å². The Morgan fingerprint density at radius 3 is 2.70 bits per heavy atom. The largest absolute Gasteiger partial charge is 0.458 e. The third-order valence-corrected chi connectivity index (χ3v) is 4.85. The van der Waals surface area contributed by atoms with Crippen molar-refractivity contribution in [1.29, 1.82) is 0 Å². The minimum atomic E-state index is -1.67. The number of aliphatic hydroxyl groups excluding tert-OH is 1. The van der Waals surface area contributed by atoms with Gasteiger partial charge in [0.25, 0.3) is 6.36 Å². The summed E-state index contributed by atoms with van der Waals surface area (Å²) in [6, 6.07) is 8.61. The Morgan fingerprint density at radius 1 is 1.30 bits per heavy atom. The lowest BCUT2D eigenvalue weighted by atomic mass is 9.83. The van der Waals surface area contributed by atoms with Gasteiger partial charge < -0.3 is 20.1 Å². The molecule has 1 aromatic carbocycles. The quantitative estimate of drug-likeness (QED) is 0.895. The van der Waals surface area contributed by atoms with Gasteiger partial charge in [0, 0.05) is 29.9 Å². The van der Waals surface area contributed by atoms with Crippen LogP contribution in [-0.4, -0.2) is 42.2 Å². The highest BCUT2D eigenvalue weighted by Gasteiger charge is 2.40. The number of anilines is 1. The zero-order valence-electron chi connectivity index (χ0n) is 14.0. The Hall–Kier alpha value is -1.33. The second kappa shape index (κ2) is 6.65. The van der Waals surface area contributed by atoms with E-state index >= 15 is 0 Å². The van der Waals surface area contributed by atoms with Crippen LogP contribution in [0.2, 0.25) is 0 Å². The fraction of sp³-hybridized carbons (Fsp3) is 0.667. The highest BCUT2D eigenvalue weighted by atomic mass is 19.1. The van der Waals surface area contributed by atoms with E-state index in [2.05, 4.69) is 24.1 Å². The molecule has 1 aliphatic carbocycles. The van der Waals surface area contributed by atoms with Crippen LogP contribution in [0.1, 0.15) is 39.5 Å². The molecule has 2 fully saturated rings. The minimum absolute atomic E-state index is 0.0780. The molecule has 2 N–H and O–H groups in total. The summed E-state index contributed by atoms with van der Waals surface area (Å²) in [4.78, 5) is 2.49. The Labute approximate surface area is 137 Å². The molecule has 128 valence electrons. The standard InChI is InChI=1S/C18H27FN2O2/c1-18(2)12-21(16-6-4-3-5-15(16)20-18)13-7-9-14(10-8-13)23-17(19)11-22/h7-10,15-17,20,22H,3-6,11-12H2,1-2H3/t15-,16-,17?/m0/s1. The van der Waals surface area contributed by atoms with Crippen molar-refractivity contribution in [3.8, 4) is 5.75 Å². The van der Waals surface area contributed by atoms with Gasteiger partial charge in [0.05, 0.1) is 0 Å². The van der Waals surface area contributed by atoms with Gasteiger partial charge >= 0.3 is 0 Å². The number of alkyl halides is 1. The third-order valence-electron chi connectivity index (χ3n) is 4.85. The number of ether oxygens (including phenoxy) is 1. The topological polar surface area (TPSA) is 44.7 Å². The summed E-state index contributed by atoms with van der Waals surface area (Å²) in [5, 5.41) is 12.5. The van der Waals surface area contributed by atoms with Crippen molar-refractivity contribution >= 4 is 5.69 Å². The number of hydrogen-bond acceptors (Lipinski definition) is 4. The number of nitrogens with one attached hydrogen (secondary N) is 1. The molecule has 1 aromatic rings. The van der Waals surface area contributed by atoms with Gasteiger partial charge in [-0.3, -0.25) is 0 Å². The van der Waals surface area contributed by atoms with E-state index in [1.807, 2.05) is 12.1 Å². The van der Waals surface area contributed by atoms with Crippen molar-refractivity contribution < 1.29 is 14.2 Å². The highest BCUT2D eigenvalue weighted by molar-refractivity contribution is 5.51. The van der Waals surface area contributed by atoms with Crippen LogP contribution in [-0.2, 0) is 0 Å². The molecule has 0 spiro atoms. The predicted molar refractivity (Wildman–Crippen MR) is 89.7 cm³/mol. The van der Waals surface area contributed by atoms with E-state index in [1.165, 1.54) is 25.7 Å². The first-order chi connectivity index (χ1) is 11.0. The third kappa shape index (κ3) is 3.78. The zero-order valence-corrected chi connectivity index (χ0v) is 14.0. The number of hydrogen-bond donors (Lipinski definition) is 2. The maximum atomic E-state index is 13.1. The number of rotatable bonds is 4. The average Bonchev–Trinajstić information content (AvgIpc) is 2.54. The summed E-state index contributed by atoms with van der Waals surface area (Å²) >= 11 is 0. The Balaban J connectivity index is 1.78. The number of nitrogens with zero attached hydrogens (tertiary/aromatic N) is 1. The fourth-order valence-corrected chi connectivity index (χ4v) is 3.93. The first-order valence-electron chi connectivity index (χ1n) is 8.54. The maximum absolute atomic E-state index is 13.1. The molecular formula is C18H27FN2O2. The molecule has 0 bridgehead atoms. The first-order valence-corrected chi connectivity index (χ1v) is 8.54. The normalized spacial score (nSPS) is 28.1. The predicted octanol–water partition coefficient (Wildman–Crippen LogP) is 2.85. The molecule has 0 amide bonds. The van der Waals surface area contributed by atoms with Gasteiger partial charge in [0.1, 0.15) is 12.4 Å². The monoisotopic (exact) mass is 322 g/mol. The van der Waals surface area contributed by atoms with Crippen LogP contribution < -0.4 is 15.0 Å². The molecule has 5 heteroatoms. The summed E-state index contributed by atoms with van der Waals surface area (Å²) < 4.78 is 18.1. The minimum Gasteiger partial charge on any atom is -0.458 e.